The van der Waals surface area contributed by atoms with Gasteiger partial charge in [-0.1, -0.05) is 19.3 Å². The van der Waals surface area contributed by atoms with Crippen LogP contribution in [0.15, 0.2) is 16.7 Å². The number of carbonyl (C=O) groups excluding carboxylic acids is 1. The predicted octanol–water partition coefficient (Wildman–Crippen LogP) is 2.19. The summed E-state index contributed by atoms with van der Waals surface area (Å²) in [6.45, 7) is 2.44. The fourth-order valence-corrected chi connectivity index (χ4v) is 2.41. The Labute approximate surface area is 102 Å². The van der Waals surface area contributed by atoms with Gasteiger partial charge in [-0.25, -0.2) is 0 Å². The molecule has 4 nitrogen and oxygen atoms in total. The molecule has 0 saturated heterocycles. The second-order valence-electron chi connectivity index (χ2n) is 5.08. The van der Waals surface area contributed by atoms with Crippen molar-refractivity contribution in [2.24, 2.45) is 5.73 Å². The molecule has 0 unspecified atom stereocenters. The van der Waals surface area contributed by atoms with Crippen LogP contribution in [0.3, 0.4) is 0 Å². The van der Waals surface area contributed by atoms with E-state index in [-0.39, 0.29) is 11.4 Å². The van der Waals surface area contributed by atoms with E-state index >= 15 is 0 Å². The molecule has 0 aromatic carbocycles. The first-order chi connectivity index (χ1) is 8.13. The summed E-state index contributed by atoms with van der Waals surface area (Å²) in [5, 5.41) is 3.11. The van der Waals surface area contributed by atoms with Crippen molar-refractivity contribution in [3.8, 4) is 0 Å². The van der Waals surface area contributed by atoms with Gasteiger partial charge in [0.05, 0.1) is 12.1 Å². The smallest absolute Gasteiger partial charge is 0.254 e. The molecule has 1 aliphatic carbocycles. The summed E-state index contributed by atoms with van der Waals surface area (Å²) in [6.07, 6.45) is 7.24. The minimum atomic E-state index is -0.0600. The van der Waals surface area contributed by atoms with E-state index in [1.807, 2.05) is 0 Å². The lowest BCUT2D eigenvalue weighted by molar-refractivity contribution is 0.0882. The molecule has 1 aromatic heterocycles. The Morgan fingerprint density at radius 1 is 1.47 bits per heavy atom. The SMILES string of the molecule is CC1(NC(=O)c2coc(CN)c2)CCCCC1. The van der Waals surface area contributed by atoms with Crippen molar-refractivity contribution in [2.45, 2.75) is 51.1 Å². The summed E-state index contributed by atoms with van der Waals surface area (Å²) >= 11 is 0. The average Bonchev–Trinajstić information content (AvgIpc) is 2.78. The molecule has 4 heteroatoms. The molecule has 0 spiro atoms. The van der Waals surface area contributed by atoms with E-state index in [0.717, 1.165) is 12.8 Å². The third-order valence-corrected chi connectivity index (χ3v) is 3.49. The van der Waals surface area contributed by atoms with E-state index in [4.69, 9.17) is 10.2 Å². The van der Waals surface area contributed by atoms with E-state index in [9.17, 15) is 4.79 Å². The fourth-order valence-electron chi connectivity index (χ4n) is 2.41. The Morgan fingerprint density at radius 2 is 2.18 bits per heavy atom. The first-order valence-corrected chi connectivity index (χ1v) is 6.23. The van der Waals surface area contributed by atoms with E-state index in [1.165, 1.54) is 25.5 Å². The predicted molar refractivity (Wildman–Crippen MR) is 65.6 cm³/mol. The van der Waals surface area contributed by atoms with Gasteiger partial charge in [-0.05, 0) is 25.8 Å². The molecular formula is C13H20N2O2. The third-order valence-electron chi connectivity index (χ3n) is 3.49. The lowest BCUT2D eigenvalue weighted by Crippen LogP contribution is -2.47. The van der Waals surface area contributed by atoms with Crippen LogP contribution >= 0.6 is 0 Å². The molecule has 0 radical (unpaired) electrons. The lowest BCUT2D eigenvalue weighted by atomic mass is 9.83. The highest BCUT2D eigenvalue weighted by molar-refractivity contribution is 5.94. The van der Waals surface area contributed by atoms with Crippen molar-refractivity contribution in [2.75, 3.05) is 0 Å². The van der Waals surface area contributed by atoms with Crippen LogP contribution in [0.25, 0.3) is 0 Å². The summed E-state index contributed by atoms with van der Waals surface area (Å²) in [7, 11) is 0. The van der Waals surface area contributed by atoms with Crippen LogP contribution in [0.5, 0.6) is 0 Å². The third kappa shape index (κ3) is 2.88. The average molecular weight is 236 g/mol. The zero-order valence-corrected chi connectivity index (χ0v) is 10.3. The fraction of sp³-hybridized carbons (Fsp3) is 0.615. The van der Waals surface area contributed by atoms with Crippen molar-refractivity contribution in [3.63, 3.8) is 0 Å². The summed E-state index contributed by atoms with van der Waals surface area (Å²) in [5.41, 5.74) is 5.95. The molecule has 1 saturated carbocycles. The lowest BCUT2D eigenvalue weighted by Gasteiger charge is -2.34. The molecular weight excluding hydrogens is 216 g/mol. The topological polar surface area (TPSA) is 68.3 Å². The van der Waals surface area contributed by atoms with E-state index in [0.29, 0.717) is 17.9 Å². The van der Waals surface area contributed by atoms with Crippen molar-refractivity contribution >= 4 is 5.91 Å². The Morgan fingerprint density at radius 3 is 2.76 bits per heavy atom. The normalized spacial score (nSPS) is 18.9. The van der Waals surface area contributed by atoms with Gasteiger partial charge >= 0.3 is 0 Å². The quantitative estimate of drug-likeness (QED) is 0.845. The van der Waals surface area contributed by atoms with Gasteiger partial charge in [-0.3, -0.25) is 4.79 Å². The molecule has 1 aromatic rings. The van der Waals surface area contributed by atoms with Crippen LogP contribution in [0.4, 0.5) is 0 Å². The highest BCUT2D eigenvalue weighted by atomic mass is 16.3. The Balaban J connectivity index is 2.00. The summed E-state index contributed by atoms with van der Waals surface area (Å²) in [4.78, 5) is 12.0. The van der Waals surface area contributed by atoms with Gasteiger partial charge in [0, 0.05) is 5.54 Å². The Bertz CT molecular complexity index is 392. The summed E-state index contributed by atoms with van der Waals surface area (Å²) < 4.78 is 5.17. The first kappa shape index (κ1) is 12.2. The van der Waals surface area contributed by atoms with Gasteiger partial charge < -0.3 is 15.5 Å². The molecule has 0 aliphatic heterocycles. The summed E-state index contributed by atoms with van der Waals surface area (Å²) in [6, 6.07) is 1.71. The standard InChI is InChI=1S/C13H20N2O2/c1-13(5-3-2-4-6-13)15-12(16)10-7-11(8-14)17-9-10/h7,9H,2-6,8,14H2,1H3,(H,15,16). The summed E-state index contributed by atoms with van der Waals surface area (Å²) in [5.74, 6) is 0.585. The van der Waals surface area contributed by atoms with Gasteiger partial charge in [-0.15, -0.1) is 0 Å². The van der Waals surface area contributed by atoms with Crippen molar-refractivity contribution < 1.29 is 9.21 Å². The van der Waals surface area contributed by atoms with E-state index in [2.05, 4.69) is 12.2 Å². The molecule has 1 aliphatic rings. The molecule has 1 heterocycles. The van der Waals surface area contributed by atoms with Crippen molar-refractivity contribution in [1.82, 2.24) is 5.32 Å². The molecule has 0 bridgehead atoms. The van der Waals surface area contributed by atoms with Crippen LogP contribution in [-0.2, 0) is 6.54 Å². The number of nitrogens with one attached hydrogen (secondary N) is 1. The Kier molecular flexibility index (Phi) is 3.52. The maximum atomic E-state index is 12.0. The maximum Gasteiger partial charge on any atom is 0.254 e. The second-order valence-corrected chi connectivity index (χ2v) is 5.08. The zero-order valence-electron chi connectivity index (χ0n) is 10.3. The van der Waals surface area contributed by atoms with E-state index in [1.54, 1.807) is 6.07 Å². The monoisotopic (exact) mass is 236 g/mol. The highest BCUT2D eigenvalue weighted by Gasteiger charge is 2.29. The molecule has 1 fully saturated rings. The number of hydrogen-bond acceptors (Lipinski definition) is 3. The molecule has 3 N–H and O–H groups in total. The minimum absolute atomic E-state index is 0.0575. The molecule has 2 rings (SSSR count). The van der Waals surface area contributed by atoms with Crippen LogP contribution < -0.4 is 11.1 Å². The number of amides is 1. The van der Waals surface area contributed by atoms with E-state index < -0.39 is 0 Å². The van der Waals surface area contributed by atoms with Gasteiger partial charge in [-0.2, -0.15) is 0 Å². The number of nitrogens with two attached hydrogens (primary N) is 1. The van der Waals surface area contributed by atoms with Gasteiger partial charge in [0.2, 0.25) is 0 Å². The minimum Gasteiger partial charge on any atom is -0.467 e. The Hall–Kier alpha value is -1.29. The van der Waals surface area contributed by atoms with Crippen molar-refractivity contribution in [1.29, 1.82) is 0 Å². The first-order valence-electron chi connectivity index (χ1n) is 6.23. The second kappa shape index (κ2) is 4.92. The van der Waals surface area contributed by atoms with Gasteiger partial charge in [0.25, 0.3) is 5.91 Å². The number of furan rings is 1. The zero-order chi connectivity index (χ0) is 12.3. The van der Waals surface area contributed by atoms with Crippen LogP contribution in [0, 0.1) is 0 Å². The number of carbonyl (C=O) groups is 1. The van der Waals surface area contributed by atoms with Crippen LogP contribution in [0.2, 0.25) is 0 Å². The van der Waals surface area contributed by atoms with Crippen LogP contribution in [0.1, 0.15) is 55.1 Å². The highest BCUT2D eigenvalue weighted by Crippen LogP contribution is 2.27. The van der Waals surface area contributed by atoms with Gasteiger partial charge in [0.15, 0.2) is 0 Å². The van der Waals surface area contributed by atoms with Crippen molar-refractivity contribution in [3.05, 3.63) is 23.7 Å². The molecule has 0 atom stereocenters. The largest absolute Gasteiger partial charge is 0.467 e. The van der Waals surface area contributed by atoms with Gasteiger partial charge in [0.1, 0.15) is 12.0 Å². The maximum absolute atomic E-state index is 12.0. The number of hydrogen-bond donors (Lipinski definition) is 2. The number of rotatable bonds is 3. The molecule has 17 heavy (non-hydrogen) atoms. The molecule has 94 valence electrons. The molecule has 1 amide bonds. The van der Waals surface area contributed by atoms with Crippen LogP contribution in [-0.4, -0.2) is 11.4 Å².